The topological polar surface area (TPSA) is 55.4 Å². The van der Waals surface area contributed by atoms with Crippen LogP contribution in [0.3, 0.4) is 0 Å². The van der Waals surface area contributed by atoms with Gasteiger partial charge in [-0.15, -0.1) is 0 Å². The lowest BCUT2D eigenvalue weighted by Gasteiger charge is -2.12. The van der Waals surface area contributed by atoms with Crippen molar-refractivity contribution in [1.82, 2.24) is 4.72 Å². The summed E-state index contributed by atoms with van der Waals surface area (Å²) >= 11 is 0. The molecule has 0 aliphatic rings. The molecule has 0 radical (unpaired) electrons. The number of rotatable bonds is 5. The van der Waals surface area contributed by atoms with E-state index in [0.29, 0.717) is 5.56 Å². The summed E-state index contributed by atoms with van der Waals surface area (Å²) in [5.74, 6) is -9.29. The van der Waals surface area contributed by atoms with Crippen molar-refractivity contribution in [2.24, 2.45) is 0 Å². The van der Waals surface area contributed by atoms with Crippen LogP contribution in [-0.4, -0.2) is 15.5 Å². The largest absolute Gasteiger partial charge is 0.491 e. The molecule has 4 nitrogen and oxygen atoms in total. The van der Waals surface area contributed by atoms with Crippen molar-refractivity contribution in [2.75, 3.05) is 7.11 Å². The Bertz CT molecular complexity index is 797. The first-order valence-electron chi connectivity index (χ1n) is 6.23. The van der Waals surface area contributed by atoms with Crippen LogP contribution >= 0.6 is 0 Å². The Morgan fingerprint density at radius 1 is 0.957 bits per heavy atom. The van der Waals surface area contributed by atoms with Gasteiger partial charge in [0.2, 0.25) is 21.7 Å². The van der Waals surface area contributed by atoms with Crippen LogP contribution in [-0.2, 0) is 16.6 Å². The van der Waals surface area contributed by atoms with Gasteiger partial charge in [0.25, 0.3) is 0 Å². The predicted molar refractivity (Wildman–Crippen MR) is 73.3 cm³/mol. The second-order valence-electron chi connectivity index (χ2n) is 4.43. The Labute approximate surface area is 129 Å². The van der Waals surface area contributed by atoms with E-state index < -0.39 is 43.9 Å². The van der Waals surface area contributed by atoms with Crippen molar-refractivity contribution in [3.8, 4) is 5.75 Å². The van der Waals surface area contributed by atoms with Crippen LogP contribution in [0.1, 0.15) is 5.56 Å². The van der Waals surface area contributed by atoms with Crippen molar-refractivity contribution < 1.29 is 30.7 Å². The Balaban J connectivity index is 2.44. The fourth-order valence-corrected chi connectivity index (χ4v) is 3.01. The lowest BCUT2D eigenvalue weighted by Crippen LogP contribution is -2.26. The Kier molecular flexibility index (Phi) is 4.90. The zero-order chi connectivity index (χ0) is 17.2. The first-order chi connectivity index (χ1) is 10.8. The zero-order valence-corrected chi connectivity index (χ0v) is 12.6. The molecule has 0 fully saturated rings. The highest BCUT2D eigenvalue weighted by Crippen LogP contribution is 2.32. The van der Waals surface area contributed by atoms with Gasteiger partial charge in [0.05, 0.1) is 7.11 Å². The van der Waals surface area contributed by atoms with Gasteiger partial charge in [-0.1, -0.05) is 30.3 Å². The first kappa shape index (κ1) is 17.2. The van der Waals surface area contributed by atoms with E-state index in [9.17, 15) is 26.0 Å². The van der Waals surface area contributed by atoms with Crippen molar-refractivity contribution in [3.63, 3.8) is 0 Å². The van der Waals surface area contributed by atoms with E-state index in [1.165, 1.54) is 0 Å². The minimum absolute atomic E-state index is 0.308. The molecule has 0 saturated carbocycles. The van der Waals surface area contributed by atoms with Crippen LogP contribution in [0.25, 0.3) is 0 Å². The molecule has 0 bridgehead atoms. The maximum absolute atomic E-state index is 13.8. The van der Waals surface area contributed by atoms with Gasteiger partial charge in [-0.3, -0.25) is 0 Å². The quantitative estimate of drug-likeness (QED) is 0.667. The summed E-state index contributed by atoms with van der Waals surface area (Å²) in [6.45, 7) is -0.308. The fourth-order valence-electron chi connectivity index (χ4n) is 1.85. The van der Waals surface area contributed by atoms with Gasteiger partial charge < -0.3 is 4.74 Å². The molecule has 0 saturated heterocycles. The van der Waals surface area contributed by atoms with Crippen molar-refractivity contribution in [3.05, 3.63) is 59.2 Å². The lowest BCUT2D eigenvalue weighted by atomic mass is 10.2. The molecule has 0 amide bonds. The van der Waals surface area contributed by atoms with E-state index in [-0.39, 0.29) is 6.54 Å². The van der Waals surface area contributed by atoms with E-state index in [1.807, 2.05) is 4.72 Å². The third-order valence-corrected chi connectivity index (χ3v) is 4.39. The normalized spacial score (nSPS) is 11.5. The van der Waals surface area contributed by atoms with Crippen LogP contribution in [0.4, 0.5) is 17.6 Å². The summed E-state index contributed by atoms with van der Waals surface area (Å²) < 4.78 is 84.9. The van der Waals surface area contributed by atoms with Crippen molar-refractivity contribution >= 4 is 10.0 Å². The SMILES string of the molecule is COc1c(F)c(F)c(S(=O)(=O)NCc2ccccc2)c(F)c1F. The molecular formula is C14H11F4NO3S. The molecule has 1 N–H and O–H groups in total. The number of methoxy groups -OCH3 is 1. The number of hydrogen-bond donors (Lipinski definition) is 1. The van der Waals surface area contributed by atoms with Crippen LogP contribution in [0.5, 0.6) is 5.75 Å². The second kappa shape index (κ2) is 6.55. The molecule has 0 spiro atoms. The van der Waals surface area contributed by atoms with Gasteiger partial charge in [-0.2, -0.15) is 8.78 Å². The number of ether oxygens (including phenoxy) is 1. The number of benzene rings is 2. The van der Waals surface area contributed by atoms with Gasteiger partial charge >= 0.3 is 0 Å². The molecule has 9 heteroatoms. The van der Waals surface area contributed by atoms with Crippen LogP contribution < -0.4 is 9.46 Å². The van der Waals surface area contributed by atoms with Crippen LogP contribution in [0.15, 0.2) is 35.2 Å². The molecular weight excluding hydrogens is 338 g/mol. The minimum Gasteiger partial charge on any atom is -0.491 e. The molecule has 2 rings (SSSR count). The second-order valence-corrected chi connectivity index (χ2v) is 6.13. The first-order valence-corrected chi connectivity index (χ1v) is 7.71. The summed E-state index contributed by atoms with van der Waals surface area (Å²) in [7, 11) is -4.03. The smallest absolute Gasteiger partial charge is 0.246 e. The number of nitrogens with one attached hydrogen (secondary N) is 1. The maximum Gasteiger partial charge on any atom is 0.246 e. The maximum atomic E-state index is 13.8. The average molecular weight is 349 g/mol. The summed E-state index contributed by atoms with van der Waals surface area (Å²) in [4.78, 5) is -1.73. The molecule has 0 aliphatic carbocycles. The molecule has 23 heavy (non-hydrogen) atoms. The van der Waals surface area contributed by atoms with Gasteiger partial charge in [0.15, 0.2) is 22.3 Å². The van der Waals surface area contributed by atoms with E-state index >= 15 is 0 Å². The molecule has 0 aliphatic heterocycles. The van der Waals surface area contributed by atoms with Crippen LogP contribution in [0, 0.1) is 23.3 Å². The highest BCUT2D eigenvalue weighted by molar-refractivity contribution is 7.89. The molecule has 2 aromatic rings. The van der Waals surface area contributed by atoms with Crippen molar-refractivity contribution in [1.29, 1.82) is 0 Å². The van der Waals surface area contributed by atoms with Gasteiger partial charge in [0.1, 0.15) is 0 Å². The number of sulfonamides is 1. The molecule has 124 valence electrons. The Morgan fingerprint density at radius 3 is 1.96 bits per heavy atom. The van der Waals surface area contributed by atoms with E-state index in [2.05, 4.69) is 4.74 Å². The zero-order valence-electron chi connectivity index (χ0n) is 11.7. The number of halogens is 4. The summed E-state index contributed by atoms with van der Waals surface area (Å²) in [6.07, 6.45) is 0. The summed E-state index contributed by atoms with van der Waals surface area (Å²) in [6, 6.07) is 8.05. The highest BCUT2D eigenvalue weighted by atomic mass is 32.2. The number of hydrogen-bond acceptors (Lipinski definition) is 3. The van der Waals surface area contributed by atoms with E-state index in [0.717, 1.165) is 7.11 Å². The molecule has 0 heterocycles. The molecule has 0 unspecified atom stereocenters. The predicted octanol–water partition coefficient (Wildman–Crippen LogP) is 2.73. The lowest BCUT2D eigenvalue weighted by molar-refractivity contribution is 0.322. The summed E-state index contributed by atoms with van der Waals surface area (Å²) in [5, 5.41) is 0. The van der Waals surface area contributed by atoms with Gasteiger partial charge in [-0.05, 0) is 5.56 Å². The molecule has 0 aromatic heterocycles. The van der Waals surface area contributed by atoms with Gasteiger partial charge in [-0.25, -0.2) is 21.9 Å². The minimum atomic E-state index is -4.83. The highest BCUT2D eigenvalue weighted by Gasteiger charge is 2.33. The van der Waals surface area contributed by atoms with Gasteiger partial charge in [0, 0.05) is 6.54 Å². The van der Waals surface area contributed by atoms with E-state index in [1.54, 1.807) is 30.3 Å². The molecule has 0 atom stereocenters. The average Bonchev–Trinajstić information content (AvgIpc) is 2.53. The monoisotopic (exact) mass is 349 g/mol. The fraction of sp³-hybridized carbons (Fsp3) is 0.143. The molecule has 2 aromatic carbocycles. The van der Waals surface area contributed by atoms with E-state index in [4.69, 9.17) is 0 Å². The Hall–Kier alpha value is -2.13. The standard InChI is InChI=1S/C14H11F4NO3S/c1-22-13-9(15)11(17)14(12(18)10(13)16)23(20,21)19-7-8-5-3-2-4-6-8/h2-6,19H,7H2,1H3. The third-order valence-electron chi connectivity index (χ3n) is 2.96. The Morgan fingerprint density at radius 2 is 1.48 bits per heavy atom. The van der Waals surface area contributed by atoms with Crippen LogP contribution in [0.2, 0.25) is 0 Å². The third kappa shape index (κ3) is 3.30. The summed E-state index contributed by atoms with van der Waals surface area (Å²) in [5.41, 5.74) is 0.492. The van der Waals surface area contributed by atoms with Crippen molar-refractivity contribution in [2.45, 2.75) is 11.4 Å².